The summed E-state index contributed by atoms with van der Waals surface area (Å²) in [5.74, 6) is 0.964. The number of nitrogens with one attached hydrogen (secondary N) is 2. The van der Waals surface area contributed by atoms with Crippen LogP contribution < -0.4 is 10.6 Å². The van der Waals surface area contributed by atoms with Crippen molar-refractivity contribution in [3.63, 3.8) is 0 Å². The van der Waals surface area contributed by atoms with Gasteiger partial charge in [-0.25, -0.2) is 4.98 Å². The maximum atomic E-state index is 12.8. The predicted octanol–water partition coefficient (Wildman–Crippen LogP) is 3.67. The Hall–Kier alpha value is -1.38. The first-order valence-corrected chi connectivity index (χ1v) is 7.68. The van der Waals surface area contributed by atoms with Crippen LogP contribution in [0.5, 0.6) is 0 Å². The van der Waals surface area contributed by atoms with E-state index in [1.165, 1.54) is 0 Å². The molecule has 1 heterocycles. The minimum atomic E-state index is 0.00818. The minimum Gasteiger partial charge on any atom is -0.395 e. The summed E-state index contributed by atoms with van der Waals surface area (Å²) in [5.41, 5.74) is 1.58. The lowest BCUT2D eigenvalue weighted by Gasteiger charge is -2.10. The fourth-order valence-corrected chi connectivity index (χ4v) is 2.31. The van der Waals surface area contributed by atoms with Gasteiger partial charge in [-0.15, -0.1) is 0 Å². The number of anilines is 3. The van der Waals surface area contributed by atoms with E-state index in [-0.39, 0.29) is 18.8 Å². The van der Waals surface area contributed by atoms with Crippen LogP contribution in [0.3, 0.4) is 0 Å². The molecule has 0 aliphatic heterocycles. The monoisotopic (exact) mass is 372 g/mol. The van der Waals surface area contributed by atoms with Gasteiger partial charge in [0, 0.05) is 23.3 Å². The van der Waals surface area contributed by atoms with Crippen molar-refractivity contribution in [2.75, 3.05) is 23.8 Å². The summed E-state index contributed by atoms with van der Waals surface area (Å²) < 4.78 is 13.5. The van der Waals surface area contributed by atoms with E-state index in [0.29, 0.717) is 33.4 Å². The van der Waals surface area contributed by atoms with Crippen molar-refractivity contribution >= 4 is 45.5 Å². The van der Waals surface area contributed by atoms with Crippen molar-refractivity contribution in [3.05, 3.63) is 34.4 Å². The third-order valence-corrected chi connectivity index (χ3v) is 3.86. The van der Waals surface area contributed by atoms with Crippen molar-refractivity contribution in [2.24, 2.45) is 0 Å². The van der Waals surface area contributed by atoms with Crippen molar-refractivity contribution in [1.29, 1.82) is 0 Å². The summed E-state index contributed by atoms with van der Waals surface area (Å²) in [7, 11) is 0. The third-order valence-electron chi connectivity index (χ3n) is 2.68. The standard InChI is InChI=1S/C13H14BrFN4OS/c1-8-2-3-9(6-11(8)21-15)18-13-17-7-10(14)12(19-13)16-4-5-20/h2-3,6-7,20H,4-5H2,1H3,(H2,16,17,18,19). The quantitative estimate of drug-likeness (QED) is 0.718. The van der Waals surface area contributed by atoms with Crippen LogP contribution in [0.15, 0.2) is 33.8 Å². The average molecular weight is 373 g/mol. The van der Waals surface area contributed by atoms with Crippen LogP contribution in [0.1, 0.15) is 5.56 Å². The molecule has 0 radical (unpaired) electrons. The van der Waals surface area contributed by atoms with Gasteiger partial charge in [0.05, 0.1) is 23.2 Å². The Bertz CT molecular complexity index is 629. The van der Waals surface area contributed by atoms with E-state index in [1.54, 1.807) is 12.3 Å². The van der Waals surface area contributed by atoms with Crippen molar-refractivity contribution in [3.8, 4) is 0 Å². The molecule has 0 saturated carbocycles. The number of aryl methyl sites for hydroxylation is 1. The maximum absolute atomic E-state index is 12.8. The number of rotatable bonds is 6. The zero-order valence-electron chi connectivity index (χ0n) is 11.2. The Balaban J connectivity index is 2.19. The summed E-state index contributed by atoms with van der Waals surface area (Å²) in [5, 5.41) is 14.8. The first kappa shape index (κ1) is 16.0. The fraction of sp³-hybridized carbons (Fsp3) is 0.231. The molecular formula is C13H14BrFN4OS. The van der Waals surface area contributed by atoms with Crippen LogP contribution in [0.2, 0.25) is 0 Å². The van der Waals surface area contributed by atoms with E-state index < -0.39 is 0 Å². The lowest BCUT2D eigenvalue weighted by Crippen LogP contribution is -2.09. The largest absolute Gasteiger partial charge is 0.395 e. The highest BCUT2D eigenvalue weighted by atomic mass is 79.9. The Labute approximate surface area is 134 Å². The number of nitrogens with zero attached hydrogens (tertiary/aromatic N) is 2. The molecule has 1 aromatic carbocycles. The second-order valence-corrected chi connectivity index (χ2v) is 5.67. The van der Waals surface area contributed by atoms with Crippen molar-refractivity contribution in [2.45, 2.75) is 11.8 Å². The normalized spacial score (nSPS) is 10.5. The lowest BCUT2D eigenvalue weighted by molar-refractivity contribution is 0.311. The summed E-state index contributed by atoms with van der Waals surface area (Å²) in [6.07, 6.45) is 1.61. The second-order valence-electron chi connectivity index (χ2n) is 4.22. The van der Waals surface area contributed by atoms with Gasteiger partial charge in [0.25, 0.3) is 0 Å². The van der Waals surface area contributed by atoms with E-state index in [4.69, 9.17) is 5.11 Å². The average Bonchev–Trinajstić information content (AvgIpc) is 2.49. The van der Waals surface area contributed by atoms with Crippen molar-refractivity contribution < 1.29 is 8.99 Å². The summed E-state index contributed by atoms with van der Waals surface area (Å²) in [6, 6.07) is 5.36. The molecule has 0 amide bonds. The highest BCUT2D eigenvalue weighted by Crippen LogP contribution is 2.28. The maximum Gasteiger partial charge on any atom is 0.229 e. The van der Waals surface area contributed by atoms with Crippen LogP contribution >= 0.6 is 28.1 Å². The molecule has 5 nitrogen and oxygen atoms in total. The van der Waals surface area contributed by atoms with Gasteiger partial charge in [0.1, 0.15) is 5.82 Å². The van der Waals surface area contributed by atoms with Crippen LogP contribution in [0.4, 0.5) is 21.3 Å². The van der Waals surface area contributed by atoms with E-state index in [9.17, 15) is 3.89 Å². The molecule has 2 aromatic rings. The molecule has 2 rings (SSSR count). The molecule has 1 aromatic heterocycles. The van der Waals surface area contributed by atoms with Gasteiger partial charge in [-0.3, -0.25) is 0 Å². The molecule has 0 bridgehead atoms. The Morgan fingerprint density at radius 2 is 2.24 bits per heavy atom. The first-order chi connectivity index (χ1) is 10.1. The number of aliphatic hydroxyl groups excluding tert-OH is 1. The number of aliphatic hydroxyl groups is 1. The van der Waals surface area contributed by atoms with Crippen molar-refractivity contribution in [1.82, 2.24) is 9.97 Å². The van der Waals surface area contributed by atoms with Gasteiger partial charge in [-0.1, -0.05) is 6.07 Å². The van der Waals surface area contributed by atoms with E-state index in [0.717, 1.165) is 5.56 Å². The van der Waals surface area contributed by atoms with Gasteiger partial charge < -0.3 is 15.7 Å². The Morgan fingerprint density at radius 3 is 2.95 bits per heavy atom. The molecule has 0 spiro atoms. The highest BCUT2D eigenvalue weighted by molar-refractivity contribution is 9.10. The Kier molecular flexibility index (Phi) is 5.77. The molecule has 3 N–H and O–H groups in total. The molecule has 0 atom stereocenters. The fourth-order valence-electron chi connectivity index (χ4n) is 1.62. The number of hydrogen-bond acceptors (Lipinski definition) is 6. The summed E-state index contributed by atoms with van der Waals surface area (Å²) in [6.45, 7) is 2.25. The predicted molar refractivity (Wildman–Crippen MR) is 86.7 cm³/mol. The van der Waals surface area contributed by atoms with E-state index >= 15 is 0 Å². The Morgan fingerprint density at radius 1 is 1.43 bits per heavy atom. The van der Waals surface area contributed by atoms with E-state index in [2.05, 4.69) is 36.5 Å². The smallest absolute Gasteiger partial charge is 0.229 e. The number of hydrogen-bond donors (Lipinski definition) is 3. The van der Waals surface area contributed by atoms with Crippen LogP contribution in [0.25, 0.3) is 0 Å². The molecule has 0 saturated heterocycles. The minimum absolute atomic E-state index is 0.00818. The first-order valence-electron chi connectivity index (χ1n) is 6.17. The highest BCUT2D eigenvalue weighted by Gasteiger charge is 2.06. The molecule has 112 valence electrons. The summed E-state index contributed by atoms with van der Waals surface area (Å²) in [4.78, 5) is 8.99. The van der Waals surface area contributed by atoms with Gasteiger partial charge in [0.15, 0.2) is 0 Å². The van der Waals surface area contributed by atoms with Gasteiger partial charge >= 0.3 is 0 Å². The van der Waals surface area contributed by atoms with Crippen LogP contribution in [-0.4, -0.2) is 28.2 Å². The number of halogens is 2. The zero-order chi connectivity index (χ0) is 15.2. The SMILES string of the molecule is Cc1ccc(Nc2ncc(Br)c(NCCO)n2)cc1SF. The molecule has 0 aliphatic carbocycles. The third kappa shape index (κ3) is 4.29. The van der Waals surface area contributed by atoms with Crippen LogP contribution in [-0.2, 0) is 0 Å². The van der Waals surface area contributed by atoms with Gasteiger partial charge in [-0.2, -0.15) is 8.87 Å². The summed E-state index contributed by atoms with van der Waals surface area (Å²) >= 11 is 3.54. The molecule has 0 unspecified atom stereocenters. The number of aromatic nitrogens is 2. The molecule has 0 fully saturated rings. The van der Waals surface area contributed by atoms with E-state index in [1.807, 2.05) is 19.1 Å². The second kappa shape index (κ2) is 7.58. The van der Waals surface area contributed by atoms with Gasteiger partial charge in [-0.05, 0) is 40.5 Å². The topological polar surface area (TPSA) is 70.1 Å². The lowest BCUT2D eigenvalue weighted by atomic mass is 10.2. The van der Waals surface area contributed by atoms with Crippen LogP contribution in [0, 0.1) is 6.92 Å². The van der Waals surface area contributed by atoms with Gasteiger partial charge in [0.2, 0.25) is 5.95 Å². The number of benzene rings is 1. The molecule has 21 heavy (non-hydrogen) atoms. The molecule has 0 aliphatic rings. The molecular weight excluding hydrogens is 359 g/mol. The zero-order valence-corrected chi connectivity index (χ0v) is 13.6. The molecule has 8 heteroatoms.